The number of carbonyl (C=O) groups is 2. The smallest absolute Gasteiger partial charge is 0.345 e. The molecular weight excluding hydrogens is 236 g/mol. The molecule has 0 spiro atoms. The fourth-order valence-corrected chi connectivity index (χ4v) is 1.36. The van der Waals surface area contributed by atoms with E-state index in [1.165, 1.54) is 6.08 Å². The molecule has 1 aromatic carbocycles. The molecule has 0 saturated heterocycles. The number of methoxy groups -OCH3 is 2. The van der Waals surface area contributed by atoms with Crippen LogP contribution in [0.2, 0.25) is 0 Å². The van der Waals surface area contributed by atoms with Gasteiger partial charge in [0.15, 0.2) is 0 Å². The molecule has 96 valence electrons. The number of rotatable bonds is 5. The maximum absolute atomic E-state index is 11.2. The third kappa shape index (κ3) is 3.71. The van der Waals surface area contributed by atoms with Crippen LogP contribution in [0.1, 0.15) is 11.1 Å². The zero-order valence-electron chi connectivity index (χ0n) is 10.2. The number of benzene rings is 1. The van der Waals surface area contributed by atoms with E-state index in [-0.39, 0.29) is 0 Å². The van der Waals surface area contributed by atoms with Crippen LogP contribution < -0.4 is 0 Å². The van der Waals surface area contributed by atoms with Gasteiger partial charge < -0.3 is 14.6 Å². The second kappa shape index (κ2) is 6.56. The number of hydrogen-bond donors (Lipinski definition) is 1. The van der Waals surface area contributed by atoms with Crippen LogP contribution in [0.15, 0.2) is 29.8 Å². The average Bonchev–Trinajstić information content (AvgIpc) is 2.37. The summed E-state index contributed by atoms with van der Waals surface area (Å²) in [6, 6.07) is 7.01. The van der Waals surface area contributed by atoms with Gasteiger partial charge in [0.1, 0.15) is 5.57 Å². The highest BCUT2D eigenvalue weighted by Gasteiger charge is 2.17. The van der Waals surface area contributed by atoms with Crippen LogP contribution in [-0.2, 0) is 25.7 Å². The van der Waals surface area contributed by atoms with Crippen LogP contribution in [0, 0.1) is 0 Å². The molecule has 0 aromatic heterocycles. The Morgan fingerprint density at radius 2 is 1.83 bits per heavy atom. The Balaban J connectivity index is 2.98. The zero-order chi connectivity index (χ0) is 13.5. The first kappa shape index (κ1) is 13.9. The molecule has 18 heavy (non-hydrogen) atoms. The summed E-state index contributed by atoms with van der Waals surface area (Å²) in [6.45, 7) is 0.479. The van der Waals surface area contributed by atoms with Crippen molar-refractivity contribution in [3.05, 3.63) is 41.0 Å². The zero-order valence-corrected chi connectivity index (χ0v) is 10.2. The molecule has 0 atom stereocenters. The third-order valence-corrected chi connectivity index (χ3v) is 2.24. The van der Waals surface area contributed by atoms with Gasteiger partial charge >= 0.3 is 11.9 Å². The van der Waals surface area contributed by atoms with Gasteiger partial charge in [0.25, 0.3) is 0 Å². The van der Waals surface area contributed by atoms with Crippen LogP contribution >= 0.6 is 0 Å². The first-order valence-electron chi connectivity index (χ1n) is 5.19. The summed E-state index contributed by atoms with van der Waals surface area (Å²) in [5, 5.41) is 8.89. The number of hydrogen-bond acceptors (Lipinski definition) is 4. The second-order valence-electron chi connectivity index (χ2n) is 3.53. The summed E-state index contributed by atoms with van der Waals surface area (Å²) in [7, 11) is 2.73. The van der Waals surface area contributed by atoms with E-state index < -0.39 is 17.5 Å². The molecule has 1 rings (SSSR count). The molecule has 0 aliphatic heterocycles. The van der Waals surface area contributed by atoms with E-state index in [9.17, 15) is 9.59 Å². The van der Waals surface area contributed by atoms with E-state index in [4.69, 9.17) is 9.84 Å². The number of esters is 1. The van der Waals surface area contributed by atoms with Crippen LogP contribution in [0.5, 0.6) is 0 Å². The molecule has 0 heterocycles. The Labute approximate surface area is 105 Å². The molecular formula is C13H14O5. The standard InChI is InChI=1S/C13H14O5/c1-17-8-10-5-3-9(4-6-10)7-11(12(14)15)13(16)18-2/h3-7H,8H2,1-2H3,(H,14,15). The van der Waals surface area contributed by atoms with Gasteiger partial charge in [-0.2, -0.15) is 0 Å². The summed E-state index contributed by atoms with van der Waals surface area (Å²) in [6.07, 6.45) is 1.27. The summed E-state index contributed by atoms with van der Waals surface area (Å²) >= 11 is 0. The SMILES string of the molecule is COCc1ccc(C=C(C(=O)O)C(=O)OC)cc1. The number of carboxylic acid groups (broad SMARTS) is 1. The van der Waals surface area contributed by atoms with Gasteiger partial charge in [-0.3, -0.25) is 0 Å². The Hall–Kier alpha value is -2.14. The van der Waals surface area contributed by atoms with Crippen molar-refractivity contribution < 1.29 is 24.2 Å². The van der Waals surface area contributed by atoms with E-state index in [1.54, 1.807) is 31.4 Å². The van der Waals surface area contributed by atoms with E-state index in [1.807, 2.05) is 0 Å². The van der Waals surface area contributed by atoms with E-state index in [0.29, 0.717) is 12.2 Å². The molecule has 0 aliphatic rings. The molecule has 0 amide bonds. The Morgan fingerprint density at radius 3 is 2.28 bits per heavy atom. The van der Waals surface area contributed by atoms with Gasteiger partial charge in [-0.15, -0.1) is 0 Å². The molecule has 5 nitrogen and oxygen atoms in total. The van der Waals surface area contributed by atoms with Crippen LogP contribution in [-0.4, -0.2) is 31.3 Å². The minimum absolute atomic E-state index is 0.406. The highest BCUT2D eigenvalue weighted by molar-refractivity contribution is 6.16. The summed E-state index contributed by atoms with van der Waals surface area (Å²) in [5.41, 5.74) is 1.17. The Bertz CT molecular complexity index is 459. The van der Waals surface area contributed by atoms with Crippen LogP contribution in [0.4, 0.5) is 0 Å². The van der Waals surface area contributed by atoms with Crippen molar-refractivity contribution in [1.29, 1.82) is 0 Å². The van der Waals surface area contributed by atoms with Crippen molar-refractivity contribution >= 4 is 18.0 Å². The molecule has 0 saturated carbocycles. The minimum Gasteiger partial charge on any atom is -0.477 e. The lowest BCUT2D eigenvalue weighted by atomic mass is 10.1. The largest absolute Gasteiger partial charge is 0.477 e. The Morgan fingerprint density at radius 1 is 1.22 bits per heavy atom. The minimum atomic E-state index is -1.32. The van der Waals surface area contributed by atoms with Crippen molar-refractivity contribution in [3.8, 4) is 0 Å². The van der Waals surface area contributed by atoms with Gasteiger partial charge in [-0.25, -0.2) is 9.59 Å². The van der Waals surface area contributed by atoms with Crippen molar-refractivity contribution in [2.75, 3.05) is 14.2 Å². The van der Waals surface area contributed by atoms with Gasteiger partial charge in [0.05, 0.1) is 13.7 Å². The summed E-state index contributed by atoms with van der Waals surface area (Å²) in [4.78, 5) is 22.1. The molecule has 1 aromatic rings. The van der Waals surface area contributed by atoms with Crippen LogP contribution in [0.25, 0.3) is 6.08 Å². The first-order chi connectivity index (χ1) is 8.58. The second-order valence-corrected chi connectivity index (χ2v) is 3.53. The number of ether oxygens (including phenoxy) is 2. The van der Waals surface area contributed by atoms with Gasteiger partial charge in [0, 0.05) is 7.11 Å². The molecule has 0 unspecified atom stereocenters. The topological polar surface area (TPSA) is 72.8 Å². The van der Waals surface area contributed by atoms with Gasteiger partial charge in [0.2, 0.25) is 0 Å². The highest BCUT2D eigenvalue weighted by Crippen LogP contribution is 2.11. The molecule has 0 fully saturated rings. The van der Waals surface area contributed by atoms with E-state index in [0.717, 1.165) is 12.7 Å². The monoisotopic (exact) mass is 250 g/mol. The molecule has 0 bridgehead atoms. The third-order valence-electron chi connectivity index (χ3n) is 2.24. The van der Waals surface area contributed by atoms with Crippen molar-refractivity contribution in [3.63, 3.8) is 0 Å². The van der Waals surface area contributed by atoms with Crippen molar-refractivity contribution in [2.45, 2.75) is 6.61 Å². The van der Waals surface area contributed by atoms with Crippen molar-refractivity contribution in [1.82, 2.24) is 0 Å². The fraction of sp³-hybridized carbons (Fsp3) is 0.231. The predicted molar refractivity (Wildman–Crippen MR) is 64.8 cm³/mol. The number of aliphatic carboxylic acids is 1. The quantitative estimate of drug-likeness (QED) is 0.371. The molecule has 0 radical (unpaired) electrons. The van der Waals surface area contributed by atoms with E-state index >= 15 is 0 Å². The Kier molecular flexibility index (Phi) is 5.07. The molecule has 1 N–H and O–H groups in total. The first-order valence-corrected chi connectivity index (χ1v) is 5.19. The summed E-state index contributed by atoms with van der Waals surface area (Å²) in [5.74, 6) is -2.19. The van der Waals surface area contributed by atoms with Crippen molar-refractivity contribution in [2.24, 2.45) is 0 Å². The lowest BCUT2D eigenvalue weighted by molar-refractivity contribution is -0.142. The average molecular weight is 250 g/mol. The van der Waals surface area contributed by atoms with Crippen LogP contribution in [0.3, 0.4) is 0 Å². The maximum atomic E-state index is 11.2. The highest BCUT2D eigenvalue weighted by atomic mass is 16.5. The lowest BCUT2D eigenvalue weighted by Crippen LogP contribution is -2.13. The normalized spacial score (nSPS) is 11.1. The number of carbonyl (C=O) groups excluding carboxylic acids is 1. The molecule has 0 aliphatic carbocycles. The maximum Gasteiger partial charge on any atom is 0.345 e. The fourth-order valence-electron chi connectivity index (χ4n) is 1.36. The number of carboxylic acids is 1. The van der Waals surface area contributed by atoms with Gasteiger partial charge in [-0.05, 0) is 17.2 Å². The summed E-state index contributed by atoms with van der Waals surface area (Å²) < 4.78 is 9.36. The van der Waals surface area contributed by atoms with E-state index in [2.05, 4.69) is 4.74 Å². The van der Waals surface area contributed by atoms with Gasteiger partial charge in [-0.1, -0.05) is 24.3 Å². The predicted octanol–water partition coefficient (Wildman–Crippen LogP) is 1.47. The molecule has 5 heteroatoms. The lowest BCUT2D eigenvalue weighted by Gasteiger charge is -2.02.